The molecule has 0 radical (unpaired) electrons. The van der Waals surface area contributed by atoms with Gasteiger partial charge in [0.1, 0.15) is 11.4 Å². The SMILES string of the molecule is O=C(COC(=O)c1cccnc1N1CCOCC1)Nc1ccccc1Sc1ccc(Cl)cc1. The number of para-hydroxylation sites is 1. The van der Waals surface area contributed by atoms with Crippen molar-refractivity contribution in [3.8, 4) is 0 Å². The molecule has 2 aromatic carbocycles. The van der Waals surface area contributed by atoms with Gasteiger partial charge in [-0.25, -0.2) is 9.78 Å². The van der Waals surface area contributed by atoms with E-state index in [-0.39, 0.29) is 0 Å². The minimum Gasteiger partial charge on any atom is -0.452 e. The average Bonchev–Trinajstić information content (AvgIpc) is 2.85. The first-order valence-electron chi connectivity index (χ1n) is 10.4. The molecule has 7 nitrogen and oxygen atoms in total. The smallest absolute Gasteiger partial charge is 0.342 e. The van der Waals surface area contributed by atoms with Gasteiger partial charge < -0.3 is 19.7 Å². The van der Waals surface area contributed by atoms with E-state index in [0.29, 0.717) is 48.4 Å². The number of nitrogens with zero attached hydrogens (tertiary/aromatic N) is 2. The number of nitrogens with one attached hydrogen (secondary N) is 1. The number of hydrogen-bond acceptors (Lipinski definition) is 7. The van der Waals surface area contributed by atoms with E-state index in [1.165, 1.54) is 11.8 Å². The summed E-state index contributed by atoms with van der Waals surface area (Å²) in [6.07, 6.45) is 1.63. The van der Waals surface area contributed by atoms with Crippen LogP contribution in [0.15, 0.2) is 76.7 Å². The predicted octanol–water partition coefficient (Wildman–Crippen LogP) is 4.52. The van der Waals surface area contributed by atoms with Gasteiger partial charge in [0.15, 0.2) is 6.61 Å². The lowest BCUT2D eigenvalue weighted by molar-refractivity contribution is -0.119. The van der Waals surface area contributed by atoms with Crippen LogP contribution in [-0.4, -0.2) is 49.8 Å². The molecule has 1 saturated heterocycles. The zero-order valence-electron chi connectivity index (χ0n) is 17.7. The van der Waals surface area contributed by atoms with E-state index in [2.05, 4.69) is 10.3 Å². The van der Waals surface area contributed by atoms with E-state index >= 15 is 0 Å². The fraction of sp³-hybridized carbons (Fsp3) is 0.208. The Labute approximate surface area is 201 Å². The molecule has 9 heteroatoms. The van der Waals surface area contributed by atoms with Crippen LogP contribution in [0.3, 0.4) is 0 Å². The summed E-state index contributed by atoms with van der Waals surface area (Å²) in [5.74, 6) is -0.483. The van der Waals surface area contributed by atoms with E-state index in [1.807, 2.05) is 47.4 Å². The summed E-state index contributed by atoms with van der Waals surface area (Å²) >= 11 is 7.45. The summed E-state index contributed by atoms with van der Waals surface area (Å²) in [7, 11) is 0. The molecule has 0 atom stereocenters. The molecule has 0 saturated carbocycles. The van der Waals surface area contributed by atoms with Gasteiger partial charge in [-0.15, -0.1) is 0 Å². The summed E-state index contributed by atoms with van der Waals surface area (Å²) in [6, 6.07) is 18.2. The number of aromatic nitrogens is 1. The Morgan fingerprint density at radius 3 is 2.61 bits per heavy atom. The number of ether oxygens (including phenoxy) is 2. The second-order valence-corrected chi connectivity index (χ2v) is 8.70. The Bertz CT molecular complexity index is 1120. The highest BCUT2D eigenvalue weighted by molar-refractivity contribution is 7.99. The zero-order chi connectivity index (χ0) is 23.0. The van der Waals surface area contributed by atoms with Gasteiger partial charge >= 0.3 is 5.97 Å². The number of hydrogen-bond donors (Lipinski definition) is 1. The molecule has 1 aliphatic heterocycles. The van der Waals surface area contributed by atoms with Crippen molar-refractivity contribution in [2.24, 2.45) is 0 Å². The summed E-state index contributed by atoms with van der Waals surface area (Å²) in [6.45, 7) is 2.01. The molecule has 2 heterocycles. The van der Waals surface area contributed by atoms with Gasteiger partial charge in [0, 0.05) is 34.1 Å². The second kappa shape index (κ2) is 11.2. The third-order valence-electron chi connectivity index (χ3n) is 4.85. The quantitative estimate of drug-likeness (QED) is 0.495. The first kappa shape index (κ1) is 23.1. The molecular formula is C24H22ClN3O4S. The molecular weight excluding hydrogens is 462 g/mol. The van der Waals surface area contributed by atoms with E-state index in [9.17, 15) is 9.59 Å². The fourth-order valence-corrected chi connectivity index (χ4v) is 4.29. The maximum absolute atomic E-state index is 12.7. The third-order valence-corrected chi connectivity index (χ3v) is 6.19. The minimum absolute atomic E-state index is 0.325. The first-order chi connectivity index (χ1) is 16.1. The highest BCUT2D eigenvalue weighted by Crippen LogP contribution is 2.33. The van der Waals surface area contributed by atoms with Gasteiger partial charge in [0.2, 0.25) is 0 Å². The average molecular weight is 484 g/mol. The number of benzene rings is 2. The fourth-order valence-electron chi connectivity index (χ4n) is 3.27. The van der Waals surface area contributed by atoms with Gasteiger partial charge in [-0.1, -0.05) is 35.5 Å². The van der Waals surface area contributed by atoms with Crippen LogP contribution in [0, 0.1) is 0 Å². The molecule has 3 aromatic rings. The predicted molar refractivity (Wildman–Crippen MR) is 128 cm³/mol. The van der Waals surface area contributed by atoms with Crippen molar-refractivity contribution in [3.63, 3.8) is 0 Å². The van der Waals surface area contributed by atoms with Crippen molar-refractivity contribution in [1.82, 2.24) is 4.98 Å². The number of rotatable bonds is 7. The molecule has 0 bridgehead atoms. The standard InChI is InChI=1S/C24H22ClN3O4S/c25-17-7-9-18(10-8-17)33-21-6-2-1-5-20(21)27-22(29)16-32-24(30)19-4-3-11-26-23(19)28-12-14-31-15-13-28/h1-11H,12-16H2,(H,27,29). The Hall–Kier alpha value is -3.07. The van der Waals surface area contributed by atoms with Crippen LogP contribution >= 0.6 is 23.4 Å². The van der Waals surface area contributed by atoms with Crippen molar-refractivity contribution in [2.75, 3.05) is 43.1 Å². The molecule has 1 aliphatic rings. The number of pyridine rings is 1. The molecule has 0 spiro atoms. The van der Waals surface area contributed by atoms with Crippen LogP contribution < -0.4 is 10.2 Å². The summed E-state index contributed by atoms with van der Waals surface area (Å²) in [5.41, 5.74) is 0.958. The number of amides is 1. The topological polar surface area (TPSA) is 80.8 Å². The molecule has 1 aromatic heterocycles. The largest absolute Gasteiger partial charge is 0.452 e. The van der Waals surface area contributed by atoms with Crippen LogP contribution in [0.1, 0.15) is 10.4 Å². The van der Waals surface area contributed by atoms with Crippen molar-refractivity contribution in [2.45, 2.75) is 9.79 Å². The number of carbonyl (C=O) groups excluding carboxylic acids is 2. The summed E-state index contributed by atoms with van der Waals surface area (Å²) in [4.78, 5) is 33.4. The van der Waals surface area contributed by atoms with Crippen molar-refractivity contribution < 1.29 is 19.1 Å². The van der Waals surface area contributed by atoms with E-state index < -0.39 is 18.5 Å². The minimum atomic E-state index is -0.594. The molecule has 4 rings (SSSR count). The van der Waals surface area contributed by atoms with Crippen molar-refractivity contribution in [3.05, 3.63) is 77.4 Å². The number of esters is 1. The number of carbonyl (C=O) groups is 2. The molecule has 170 valence electrons. The number of morpholine rings is 1. The normalized spacial score (nSPS) is 13.4. The zero-order valence-corrected chi connectivity index (χ0v) is 19.3. The third kappa shape index (κ3) is 6.25. The molecule has 0 unspecified atom stereocenters. The molecule has 33 heavy (non-hydrogen) atoms. The monoisotopic (exact) mass is 483 g/mol. The lowest BCUT2D eigenvalue weighted by Crippen LogP contribution is -2.37. The maximum atomic E-state index is 12.7. The van der Waals surface area contributed by atoms with Crippen molar-refractivity contribution >= 4 is 46.7 Å². The molecule has 1 fully saturated rings. The van der Waals surface area contributed by atoms with Crippen LogP contribution in [-0.2, 0) is 14.3 Å². The van der Waals surface area contributed by atoms with Crippen LogP contribution in [0.4, 0.5) is 11.5 Å². The highest BCUT2D eigenvalue weighted by atomic mass is 35.5. The number of halogens is 1. The second-order valence-electron chi connectivity index (χ2n) is 7.15. The summed E-state index contributed by atoms with van der Waals surface area (Å²) in [5, 5.41) is 3.48. The molecule has 1 N–H and O–H groups in total. The van der Waals surface area contributed by atoms with E-state index in [0.717, 1.165) is 9.79 Å². The van der Waals surface area contributed by atoms with E-state index in [4.69, 9.17) is 21.1 Å². The molecule has 0 aliphatic carbocycles. The van der Waals surface area contributed by atoms with Gasteiger partial charge in [-0.2, -0.15) is 0 Å². The van der Waals surface area contributed by atoms with Crippen LogP contribution in [0.5, 0.6) is 0 Å². The summed E-state index contributed by atoms with van der Waals surface area (Å²) < 4.78 is 10.7. The Morgan fingerprint density at radius 2 is 1.82 bits per heavy atom. The van der Waals surface area contributed by atoms with Crippen LogP contribution in [0.25, 0.3) is 0 Å². The van der Waals surface area contributed by atoms with Gasteiger partial charge in [-0.3, -0.25) is 4.79 Å². The van der Waals surface area contributed by atoms with Crippen molar-refractivity contribution in [1.29, 1.82) is 0 Å². The number of anilines is 2. The Kier molecular flexibility index (Phi) is 7.83. The van der Waals surface area contributed by atoms with Gasteiger partial charge in [0.05, 0.1) is 18.9 Å². The maximum Gasteiger partial charge on any atom is 0.342 e. The first-order valence-corrected chi connectivity index (χ1v) is 11.6. The Morgan fingerprint density at radius 1 is 1.06 bits per heavy atom. The lowest BCUT2D eigenvalue weighted by atomic mass is 10.2. The van der Waals surface area contributed by atoms with E-state index in [1.54, 1.807) is 24.4 Å². The Balaban J connectivity index is 1.38. The highest BCUT2D eigenvalue weighted by Gasteiger charge is 2.21. The molecule has 1 amide bonds. The lowest BCUT2D eigenvalue weighted by Gasteiger charge is -2.28. The van der Waals surface area contributed by atoms with Gasteiger partial charge in [0.25, 0.3) is 5.91 Å². The van der Waals surface area contributed by atoms with Gasteiger partial charge in [-0.05, 0) is 48.5 Å². The van der Waals surface area contributed by atoms with Crippen LogP contribution in [0.2, 0.25) is 5.02 Å².